The van der Waals surface area contributed by atoms with Crippen LogP contribution in [0.3, 0.4) is 0 Å². The summed E-state index contributed by atoms with van der Waals surface area (Å²) in [4.78, 5) is 13.0. The highest BCUT2D eigenvalue weighted by Gasteiger charge is 2.27. The maximum absolute atomic E-state index is 13.0. The molecule has 0 aliphatic rings. The fourth-order valence-corrected chi connectivity index (χ4v) is 4.00. The van der Waals surface area contributed by atoms with E-state index < -0.39 is 15.4 Å². The Morgan fingerprint density at radius 3 is 2.25 bits per heavy atom. The minimum absolute atomic E-state index is 0.136. The van der Waals surface area contributed by atoms with Gasteiger partial charge in [-0.15, -0.1) is 0 Å². The first-order chi connectivity index (χ1) is 13.0. The predicted octanol–water partition coefficient (Wildman–Crippen LogP) is 4.45. The second-order valence-corrected chi connectivity index (χ2v) is 9.42. The van der Waals surface area contributed by atoms with Gasteiger partial charge in [-0.1, -0.05) is 38.5 Å². The van der Waals surface area contributed by atoms with Gasteiger partial charge in [0.25, 0.3) is 10.0 Å². The van der Waals surface area contributed by atoms with E-state index in [1.165, 1.54) is 11.7 Å². The zero-order valence-electron chi connectivity index (χ0n) is 16.6. The topological polar surface area (TPSA) is 77.4 Å². The number of hydrogen-bond acceptors (Lipinski definition) is 4. The number of nitrogens with zero attached hydrogens (tertiary/aromatic N) is 1. The second kappa shape index (κ2) is 6.98. The molecule has 0 amide bonds. The van der Waals surface area contributed by atoms with E-state index >= 15 is 0 Å². The number of ether oxygens (including phenoxy) is 1. The normalized spacial score (nSPS) is 12.2. The summed E-state index contributed by atoms with van der Waals surface area (Å²) in [6, 6.07) is 11.8. The number of rotatable bonds is 4. The van der Waals surface area contributed by atoms with Crippen molar-refractivity contribution in [1.82, 2.24) is 4.57 Å². The minimum atomic E-state index is -3.86. The van der Waals surface area contributed by atoms with E-state index in [0.29, 0.717) is 11.3 Å². The Balaban J connectivity index is 2.20. The van der Waals surface area contributed by atoms with Crippen molar-refractivity contribution in [2.24, 2.45) is 5.41 Å². The highest BCUT2D eigenvalue weighted by atomic mass is 32.2. The number of carbonyl (C=O) groups is 1. The zero-order valence-corrected chi connectivity index (χ0v) is 17.4. The fraction of sp³-hybridized carbons (Fsp3) is 0.286. The van der Waals surface area contributed by atoms with Gasteiger partial charge in [0.1, 0.15) is 11.4 Å². The van der Waals surface area contributed by atoms with Crippen LogP contribution in [0.4, 0.5) is 5.69 Å². The zero-order chi connectivity index (χ0) is 20.7. The van der Waals surface area contributed by atoms with Crippen molar-refractivity contribution in [2.75, 3.05) is 11.8 Å². The van der Waals surface area contributed by atoms with Crippen molar-refractivity contribution < 1.29 is 17.9 Å². The first-order valence-electron chi connectivity index (χ1n) is 8.87. The third-order valence-corrected chi connectivity index (χ3v) is 5.83. The highest BCUT2D eigenvalue weighted by Crippen LogP contribution is 2.36. The monoisotopic (exact) mass is 400 g/mol. The molecule has 7 heteroatoms. The molecule has 0 unspecified atom stereocenters. The van der Waals surface area contributed by atoms with Gasteiger partial charge in [0.15, 0.2) is 0 Å². The Morgan fingerprint density at radius 1 is 1.04 bits per heavy atom. The van der Waals surface area contributed by atoms with E-state index in [4.69, 9.17) is 4.74 Å². The van der Waals surface area contributed by atoms with E-state index in [9.17, 15) is 13.2 Å². The van der Waals surface area contributed by atoms with E-state index in [-0.39, 0.29) is 16.5 Å². The number of anilines is 1. The van der Waals surface area contributed by atoms with Crippen molar-refractivity contribution >= 4 is 32.5 Å². The van der Waals surface area contributed by atoms with Gasteiger partial charge in [0, 0.05) is 17.0 Å². The van der Waals surface area contributed by atoms with Gasteiger partial charge in [0.05, 0.1) is 17.5 Å². The van der Waals surface area contributed by atoms with Gasteiger partial charge in [-0.25, -0.2) is 8.42 Å². The summed E-state index contributed by atoms with van der Waals surface area (Å²) in [6.07, 6.45) is 1.65. The Morgan fingerprint density at radius 2 is 1.68 bits per heavy atom. The minimum Gasteiger partial charge on any atom is -0.494 e. The summed E-state index contributed by atoms with van der Waals surface area (Å²) in [5, 5.41) is 0.736. The fourth-order valence-electron chi connectivity index (χ4n) is 2.92. The highest BCUT2D eigenvalue weighted by molar-refractivity contribution is 7.92. The molecule has 1 N–H and O–H groups in total. The van der Waals surface area contributed by atoms with Gasteiger partial charge in [-0.3, -0.25) is 14.1 Å². The summed E-state index contributed by atoms with van der Waals surface area (Å²) < 4.78 is 35.4. The molecule has 0 fully saturated rings. The molecule has 0 aliphatic carbocycles. The molecule has 3 aromatic rings. The Kier molecular flexibility index (Phi) is 4.97. The van der Waals surface area contributed by atoms with Gasteiger partial charge in [-0.05, 0) is 37.3 Å². The molecule has 0 spiro atoms. The van der Waals surface area contributed by atoms with Crippen LogP contribution in [0, 0.1) is 12.3 Å². The molecule has 0 aliphatic heterocycles. The van der Waals surface area contributed by atoms with Gasteiger partial charge >= 0.3 is 0 Å². The first-order valence-corrected chi connectivity index (χ1v) is 10.4. The summed E-state index contributed by atoms with van der Waals surface area (Å²) >= 11 is 0. The van der Waals surface area contributed by atoms with Crippen molar-refractivity contribution in [3.63, 3.8) is 0 Å². The number of carbonyl (C=O) groups excluding carboxylic acids is 1. The van der Waals surface area contributed by atoms with Crippen molar-refractivity contribution in [2.45, 2.75) is 32.6 Å². The van der Waals surface area contributed by atoms with E-state index in [1.807, 2.05) is 27.7 Å². The summed E-state index contributed by atoms with van der Waals surface area (Å²) in [5.74, 6) is 0.191. The van der Waals surface area contributed by atoms with Gasteiger partial charge in [0.2, 0.25) is 5.91 Å². The summed E-state index contributed by atoms with van der Waals surface area (Å²) in [7, 11) is -2.40. The number of benzene rings is 2. The Bertz CT molecular complexity index is 1140. The van der Waals surface area contributed by atoms with Crippen LogP contribution >= 0.6 is 0 Å². The van der Waals surface area contributed by atoms with Crippen LogP contribution in [0.15, 0.2) is 53.6 Å². The Labute approximate surface area is 165 Å². The molecule has 3 rings (SSSR count). The number of fused-ring (bicyclic) bond motifs is 1. The van der Waals surface area contributed by atoms with E-state index in [0.717, 1.165) is 10.9 Å². The lowest BCUT2D eigenvalue weighted by Gasteiger charge is -2.20. The number of methoxy groups -OCH3 is 1. The second-order valence-electron chi connectivity index (χ2n) is 7.74. The number of nitrogens with one attached hydrogen (secondary N) is 1. The summed E-state index contributed by atoms with van der Waals surface area (Å²) in [6.45, 7) is 7.34. The lowest BCUT2D eigenvalue weighted by Crippen LogP contribution is -2.26. The molecule has 1 heterocycles. The molecule has 6 nitrogen and oxygen atoms in total. The third kappa shape index (κ3) is 3.62. The van der Waals surface area contributed by atoms with Crippen LogP contribution in [0.2, 0.25) is 0 Å². The lowest BCUT2D eigenvalue weighted by atomic mass is 9.95. The maximum atomic E-state index is 13.0. The molecule has 28 heavy (non-hydrogen) atoms. The molecule has 0 saturated carbocycles. The third-order valence-electron chi connectivity index (χ3n) is 4.46. The largest absolute Gasteiger partial charge is 0.494 e. The first kappa shape index (κ1) is 19.9. The predicted molar refractivity (Wildman–Crippen MR) is 111 cm³/mol. The SMILES string of the molecule is COc1ccc2ccn(C(=O)C(C)(C)C)c2c1NS(=O)(=O)c1ccc(C)cc1. The molecule has 0 radical (unpaired) electrons. The standard InChI is InChI=1S/C21H24N2O4S/c1-14-6-9-16(10-7-14)28(25,26)22-18-17(27-5)11-8-15-12-13-23(19(15)18)20(24)21(2,3)4/h6-13,22H,1-5H3. The average Bonchev–Trinajstić information content (AvgIpc) is 3.05. The number of aryl methyl sites for hydroxylation is 1. The van der Waals surface area contributed by atoms with Crippen LogP contribution in [-0.2, 0) is 10.0 Å². The number of hydrogen-bond donors (Lipinski definition) is 1. The maximum Gasteiger partial charge on any atom is 0.262 e. The molecule has 0 bridgehead atoms. The van der Waals surface area contributed by atoms with Crippen LogP contribution in [0.1, 0.15) is 31.1 Å². The molecule has 148 valence electrons. The van der Waals surface area contributed by atoms with Crippen LogP contribution < -0.4 is 9.46 Å². The quantitative estimate of drug-likeness (QED) is 0.702. The average molecular weight is 401 g/mol. The van der Waals surface area contributed by atoms with Crippen LogP contribution in [-0.4, -0.2) is 26.0 Å². The van der Waals surface area contributed by atoms with Crippen LogP contribution in [0.5, 0.6) is 5.75 Å². The molecule has 2 aromatic carbocycles. The molecule has 0 saturated heterocycles. The van der Waals surface area contributed by atoms with Crippen molar-refractivity contribution in [3.8, 4) is 5.75 Å². The molecular weight excluding hydrogens is 376 g/mol. The summed E-state index contributed by atoms with van der Waals surface area (Å²) in [5.41, 5.74) is 1.03. The van der Waals surface area contributed by atoms with Crippen LogP contribution in [0.25, 0.3) is 10.9 Å². The van der Waals surface area contributed by atoms with Gasteiger partial charge in [-0.2, -0.15) is 0 Å². The Hall–Kier alpha value is -2.80. The lowest BCUT2D eigenvalue weighted by molar-refractivity contribution is 0.0773. The van der Waals surface area contributed by atoms with Gasteiger partial charge < -0.3 is 4.74 Å². The van der Waals surface area contributed by atoms with Crippen molar-refractivity contribution in [1.29, 1.82) is 0 Å². The van der Waals surface area contributed by atoms with E-state index in [2.05, 4.69) is 4.72 Å². The van der Waals surface area contributed by atoms with E-state index in [1.54, 1.807) is 48.7 Å². The van der Waals surface area contributed by atoms with Crippen molar-refractivity contribution in [3.05, 3.63) is 54.2 Å². The molecule has 0 atom stereocenters. The smallest absolute Gasteiger partial charge is 0.262 e. The number of aromatic nitrogens is 1. The molecule has 1 aromatic heterocycles. The molecular formula is C21H24N2O4S. The number of sulfonamides is 1.